The number of amides is 3. The van der Waals surface area contributed by atoms with Gasteiger partial charge in [0.05, 0.1) is 23.6 Å². The predicted molar refractivity (Wildman–Crippen MR) is 122 cm³/mol. The van der Waals surface area contributed by atoms with E-state index >= 15 is 0 Å². The Kier molecular flexibility index (Phi) is 7.59. The maximum atomic E-state index is 12.6. The summed E-state index contributed by atoms with van der Waals surface area (Å²) in [5, 5.41) is 2.46. The molecule has 1 N–H and O–H groups in total. The Morgan fingerprint density at radius 3 is 2.58 bits per heavy atom. The van der Waals surface area contributed by atoms with Crippen molar-refractivity contribution < 1.29 is 23.9 Å². The monoisotopic (exact) mass is 460 g/mol. The number of hydrogen-bond donors (Lipinski definition) is 1. The highest BCUT2D eigenvalue weighted by Crippen LogP contribution is 2.32. The molecule has 0 saturated carbocycles. The van der Waals surface area contributed by atoms with Crippen LogP contribution in [0.25, 0.3) is 6.08 Å². The predicted octanol–water partition coefficient (Wildman–Crippen LogP) is 4.81. The second-order valence-corrected chi connectivity index (χ2v) is 7.98. The molecule has 0 aromatic heterocycles. The molecule has 0 atom stereocenters. The fourth-order valence-electron chi connectivity index (χ4n) is 2.76. The number of halogens is 1. The van der Waals surface area contributed by atoms with Crippen molar-refractivity contribution in [2.24, 2.45) is 0 Å². The van der Waals surface area contributed by atoms with Crippen LogP contribution in [0, 0.1) is 0 Å². The Morgan fingerprint density at radius 2 is 1.94 bits per heavy atom. The number of thioether (sulfide) groups is 1. The van der Waals surface area contributed by atoms with Gasteiger partial charge in [0.15, 0.2) is 0 Å². The Balaban J connectivity index is 1.63. The van der Waals surface area contributed by atoms with E-state index in [1.54, 1.807) is 42.5 Å². The minimum Gasteiger partial charge on any atom is -0.495 e. The molecule has 31 heavy (non-hydrogen) atoms. The van der Waals surface area contributed by atoms with E-state index < -0.39 is 23.6 Å². The normalized spacial score (nSPS) is 14.8. The summed E-state index contributed by atoms with van der Waals surface area (Å²) in [4.78, 5) is 38.4. The summed E-state index contributed by atoms with van der Waals surface area (Å²) in [5.41, 5.74) is 1.19. The minimum atomic E-state index is -0.512. The fourth-order valence-corrected chi connectivity index (χ4v) is 3.85. The van der Waals surface area contributed by atoms with E-state index in [9.17, 15) is 14.4 Å². The number of imide groups is 1. The minimum absolute atomic E-state index is 0.257. The maximum absolute atomic E-state index is 12.6. The van der Waals surface area contributed by atoms with E-state index in [1.807, 2.05) is 6.92 Å². The first-order valence-corrected chi connectivity index (χ1v) is 10.7. The van der Waals surface area contributed by atoms with Gasteiger partial charge in [0, 0.05) is 5.69 Å². The molecule has 0 unspecified atom stereocenters. The van der Waals surface area contributed by atoms with Gasteiger partial charge in [0.25, 0.3) is 11.1 Å². The highest BCUT2D eigenvalue weighted by molar-refractivity contribution is 8.18. The molecule has 1 aliphatic rings. The number of rotatable bonds is 8. The molecule has 3 amide bonds. The summed E-state index contributed by atoms with van der Waals surface area (Å²) in [6, 6.07) is 12.0. The van der Waals surface area contributed by atoms with Crippen molar-refractivity contribution in [3.05, 3.63) is 58.0 Å². The number of nitrogens with zero attached hydrogens (tertiary/aromatic N) is 1. The average molecular weight is 461 g/mol. The molecule has 7 nitrogen and oxygen atoms in total. The van der Waals surface area contributed by atoms with Crippen LogP contribution >= 0.6 is 23.4 Å². The zero-order chi connectivity index (χ0) is 22.4. The van der Waals surface area contributed by atoms with E-state index in [2.05, 4.69) is 5.32 Å². The number of benzene rings is 2. The SMILES string of the molecule is CCCOc1ccc(/C=C2\SC(=O)N(CC(=O)Nc3ccc(OC)c(Cl)c3)C2=O)cc1. The molecule has 2 aromatic carbocycles. The Hall–Kier alpha value is -2.97. The van der Waals surface area contributed by atoms with Crippen molar-refractivity contribution in [2.45, 2.75) is 13.3 Å². The summed E-state index contributed by atoms with van der Waals surface area (Å²) >= 11 is 6.85. The number of ether oxygens (including phenoxy) is 2. The number of methoxy groups -OCH3 is 1. The second-order valence-electron chi connectivity index (χ2n) is 6.58. The number of hydrogen-bond acceptors (Lipinski definition) is 6. The van der Waals surface area contributed by atoms with Crippen LogP contribution in [0.15, 0.2) is 47.4 Å². The molecule has 1 fully saturated rings. The third-order valence-corrected chi connectivity index (χ3v) is 5.46. The van der Waals surface area contributed by atoms with Gasteiger partial charge in [-0.3, -0.25) is 19.3 Å². The number of carbonyl (C=O) groups excluding carboxylic acids is 3. The van der Waals surface area contributed by atoms with Crippen LogP contribution in [-0.4, -0.2) is 42.2 Å². The highest BCUT2D eigenvalue weighted by Gasteiger charge is 2.36. The molecule has 3 rings (SSSR count). The summed E-state index contributed by atoms with van der Waals surface area (Å²) < 4.78 is 10.6. The van der Waals surface area contributed by atoms with Crippen LogP contribution in [0.2, 0.25) is 5.02 Å². The molecule has 0 radical (unpaired) electrons. The van der Waals surface area contributed by atoms with E-state index in [0.717, 1.165) is 34.4 Å². The van der Waals surface area contributed by atoms with Crippen molar-refractivity contribution >= 4 is 52.2 Å². The molecule has 0 bridgehead atoms. The maximum Gasteiger partial charge on any atom is 0.294 e. The zero-order valence-corrected chi connectivity index (χ0v) is 18.6. The number of nitrogens with one attached hydrogen (secondary N) is 1. The first-order valence-electron chi connectivity index (χ1n) is 9.53. The first-order chi connectivity index (χ1) is 14.9. The molecule has 1 aliphatic heterocycles. The zero-order valence-electron chi connectivity index (χ0n) is 17.0. The quantitative estimate of drug-likeness (QED) is 0.569. The fraction of sp³-hybridized carbons (Fsp3) is 0.227. The molecule has 0 aliphatic carbocycles. The molecule has 1 heterocycles. The summed E-state index contributed by atoms with van der Waals surface area (Å²) in [7, 11) is 1.49. The smallest absolute Gasteiger partial charge is 0.294 e. The van der Waals surface area contributed by atoms with E-state index in [0.29, 0.717) is 23.1 Å². The lowest BCUT2D eigenvalue weighted by molar-refractivity contribution is -0.127. The van der Waals surface area contributed by atoms with Crippen LogP contribution in [0.4, 0.5) is 10.5 Å². The average Bonchev–Trinajstić information content (AvgIpc) is 3.00. The van der Waals surface area contributed by atoms with Crippen molar-refractivity contribution in [2.75, 3.05) is 25.6 Å². The van der Waals surface area contributed by atoms with Gasteiger partial charge in [-0.15, -0.1) is 0 Å². The third kappa shape index (κ3) is 5.80. The van der Waals surface area contributed by atoms with Gasteiger partial charge in [-0.25, -0.2) is 0 Å². The van der Waals surface area contributed by atoms with Crippen LogP contribution in [0.3, 0.4) is 0 Å². The number of anilines is 1. The lowest BCUT2D eigenvalue weighted by Crippen LogP contribution is -2.36. The van der Waals surface area contributed by atoms with E-state index in [-0.39, 0.29) is 4.91 Å². The molecule has 1 saturated heterocycles. The second kappa shape index (κ2) is 10.4. The van der Waals surface area contributed by atoms with Crippen molar-refractivity contribution in [1.29, 1.82) is 0 Å². The molecule has 0 spiro atoms. The van der Waals surface area contributed by atoms with Crippen molar-refractivity contribution in [3.8, 4) is 11.5 Å². The standard InChI is InChI=1S/C22H21ClN2O5S/c1-3-10-30-16-7-4-14(5-8-16)11-19-21(27)25(22(28)31-19)13-20(26)24-15-6-9-18(29-2)17(23)12-15/h4-9,11-12H,3,10,13H2,1-2H3,(H,24,26)/b19-11-. The Labute approximate surface area is 189 Å². The largest absolute Gasteiger partial charge is 0.495 e. The van der Waals surface area contributed by atoms with Gasteiger partial charge < -0.3 is 14.8 Å². The lowest BCUT2D eigenvalue weighted by atomic mass is 10.2. The molecule has 162 valence electrons. The summed E-state index contributed by atoms with van der Waals surface area (Å²) in [6.45, 7) is 2.26. The van der Waals surface area contributed by atoms with Crippen LogP contribution < -0.4 is 14.8 Å². The van der Waals surface area contributed by atoms with Gasteiger partial charge in [-0.05, 0) is 60.2 Å². The molecule has 2 aromatic rings. The topological polar surface area (TPSA) is 84.9 Å². The van der Waals surface area contributed by atoms with Crippen LogP contribution in [0.5, 0.6) is 11.5 Å². The lowest BCUT2D eigenvalue weighted by Gasteiger charge is -2.13. The van der Waals surface area contributed by atoms with Gasteiger partial charge >= 0.3 is 0 Å². The molecular formula is C22H21ClN2O5S. The van der Waals surface area contributed by atoms with Crippen LogP contribution in [0.1, 0.15) is 18.9 Å². The Morgan fingerprint density at radius 1 is 1.19 bits per heavy atom. The Bertz CT molecular complexity index is 1020. The highest BCUT2D eigenvalue weighted by atomic mass is 35.5. The van der Waals surface area contributed by atoms with Gasteiger partial charge in [0.2, 0.25) is 5.91 Å². The third-order valence-electron chi connectivity index (χ3n) is 4.26. The van der Waals surface area contributed by atoms with Gasteiger partial charge in [-0.1, -0.05) is 30.7 Å². The first kappa shape index (κ1) is 22.7. The molecular weight excluding hydrogens is 440 g/mol. The van der Waals surface area contributed by atoms with Gasteiger partial charge in [-0.2, -0.15) is 0 Å². The van der Waals surface area contributed by atoms with Crippen LogP contribution in [-0.2, 0) is 9.59 Å². The van der Waals surface area contributed by atoms with Crippen molar-refractivity contribution in [3.63, 3.8) is 0 Å². The van der Waals surface area contributed by atoms with E-state index in [4.69, 9.17) is 21.1 Å². The summed E-state index contributed by atoms with van der Waals surface area (Å²) in [5.74, 6) is 0.189. The van der Waals surface area contributed by atoms with Crippen molar-refractivity contribution in [1.82, 2.24) is 4.90 Å². The number of carbonyl (C=O) groups is 3. The van der Waals surface area contributed by atoms with E-state index in [1.165, 1.54) is 13.2 Å². The molecule has 9 heteroatoms. The summed E-state index contributed by atoms with van der Waals surface area (Å²) in [6.07, 6.45) is 2.53. The van der Waals surface area contributed by atoms with Gasteiger partial charge in [0.1, 0.15) is 18.0 Å².